The summed E-state index contributed by atoms with van der Waals surface area (Å²) in [5.41, 5.74) is 1.67. The van der Waals surface area contributed by atoms with Crippen molar-refractivity contribution in [3.05, 3.63) is 28.8 Å². The average molecular weight is 283 g/mol. The molecule has 0 aliphatic carbocycles. The van der Waals surface area contributed by atoms with Gasteiger partial charge in [-0.3, -0.25) is 0 Å². The molecule has 0 amide bonds. The van der Waals surface area contributed by atoms with Gasteiger partial charge in [-0.2, -0.15) is 0 Å². The van der Waals surface area contributed by atoms with Crippen LogP contribution in [0.15, 0.2) is 18.2 Å². The van der Waals surface area contributed by atoms with Crippen molar-refractivity contribution in [1.82, 2.24) is 5.32 Å². The molecule has 1 atom stereocenters. The highest BCUT2D eigenvalue weighted by molar-refractivity contribution is 6.31. The molecule has 1 aromatic carbocycles. The van der Waals surface area contributed by atoms with E-state index in [0.29, 0.717) is 12.6 Å². The Labute approximate surface area is 120 Å². The lowest BCUT2D eigenvalue weighted by atomic mass is 10.1. The van der Waals surface area contributed by atoms with Gasteiger partial charge in [0, 0.05) is 41.9 Å². The van der Waals surface area contributed by atoms with Crippen LogP contribution in [0.4, 0.5) is 5.69 Å². The van der Waals surface area contributed by atoms with Crippen molar-refractivity contribution in [2.75, 3.05) is 18.0 Å². The van der Waals surface area contributed by atoms with Crippen LogP contribution in [0.25, 0.3) is 0 Å². The summed E-state index contributed by atoms with van der Waals surface area (Å²) in [5.74, 6) is 0. The largest absolute Gasteiger partial charge is 0.388 e. The Morgan fingerprint density at radius 2 is 2.21 bits per heavy atom. The number of hydrogen-bond acceptors (Lipinski definition) is 3. The van der Waals surface area contributed by atoms with Crippen LogP contribution < -0.4 is 10.2 Å². The van der Waals surface area contributed by atoms with Gasteiger partial charge >= 0.3 is 0 Å². The van der Waals surface area contributed by atoms with Gasteiger partial charge in [0.2, 0.25) is 0 Å². The number of β-amino-alcohol motifs (C(OH)–C–C–N with tert-alkyl or cyclic N) is 1. The van der Waals surface area contributed by atoms with Crippen molar-refractivity contribution < 1.29 is 5.11 Å². The number of rotatable bonds is 4. The molecule has 1 aliphatic rings. The summed E-state index contributed by atoms with van der Waals surface area (Å²) in [7, 11) is 0. The molecule has 4 heteroatoms. The predicted molar refractivity (Wildman–Crippen MR) is 80.9 cm³/mol. The molecule has 0 radical (unpaired) electrons. The van der Waals surface area contributed by atoms with Crippen molar-refractivity contribution in [3.63, 3.8) is 0 Å². The lowest BCUT2D eigenvalue weighted by Crippen LogP contribution is -2.31. The van der Waals surface area contributed by atoms with Gasteiger partial charge in [-0.15, -0.1) is 0 Å². The summed E-state index contributed by atoms with van der Waals surface area (Å²) in [6.45, 7) is 8.44. The SMILES string of the molecule is CC(C)NCc1c(Cl)cccc1N1CCC(C)(O)C1. The van der Waals surface area contributed by atoms with Gasteiger partial charge in [0.05, 0.1) is 5.60 Å². The lowest BCUT2D eigenvalue weighted by Gasteiger charge is -2.24. The third kappa shape index (κ3) is 3.62. The van der Waals surface area contributed by atoms with E-state index in [0.717, 1.165) is 35.8 Å². The second-order valence-electron chi connectivity index (χ2n) is 5.94. The molecule has 106 valence electrons. The third-order valence-corrected chi connectivity index (χ3v) is 3.93. The van der Waals surface area contributed by atoms with E-state index in [1.54, 1.807) is 0 Å². The van der Waals surface area contributed by atoms with Crippen LogP contribution in [0.1, 0.15) is 32.8 Å². The molecule has 2 rings (SSSR count). The lowest BCUT2D eigenvalue weighted by molar-refractivity contribution is 0.0839. The Bertz CT molecular complexity index is 446. The highest BCUT2D eigenvalue weighted by atomic mass is 35.5. The fourth-order valence-corrected chi connectivity index (χ4v) is 2.71. The number of nitrogens with one attached hydrogen (secondary N) is 1. The summed E-state index contributed by atoms with van der Waals surface area (Å²) in [6, 6.07) is 6.41. The molecule has 1 heterocycles. The molecule has 0 aromatic heterocycles. The highest BCUT2D eigenvalue weighted by Crippen LogP contribution is 2.32. The predicted octanol–water partition coefficient (Wildman–Crippen LogP) is 2.80. The van der Waals surface area contributed by atoms with Crippen molar-refractivity contribution in [1.29, 1.82) is 0 Å². The van der Waals surface area contributed by atoms with E-state index in [2.05, 4.69) is 30.1 Å². The Kier molecular flexibility index (Phi) is 4.39. The molecule has 0 spiro atoms. The van der Waals surface area contributed by atoms with Crippen LogP contribution in [-0.4, -0.2) is 29.8 Å². The minimum atomic E-state index is -0.592. The number of hydrogen-bond donors (Lipinski definition) is 2. The zero-order valence-corrected chi connectivity index (χ0v) is 12.7. The van der Waals surface area contributed by atoms with Gasteiger partial charge in [-0.25, -0.2) is 0 Å². The van der Waals surface area contributed by atoms with E-state index in [9.17, 15) is 5.11 Å². The van der Waals surface area contributed by atoms with Gasteiger partial charge in [0.15, 0.2) is 0 Å². The topological polar surface area (TPSA) is 35.5 Å². The molecular weight excluding hydrogens is 260 g/mol. The third-order valence-electron chi connectivity index (χ3n) is 3.57. The number of benzene rings is 1. The van der Waals surface area contributed by atoms with Crippen LogP contribution in [0.3, 0.4) is 0 Å². The maximum absolute atomic E-state index is 10.1. The quantitative estimate of drug-likeness (QED) is 0.891. The maximum atomic E-state index is 10.1. The smallest absolute Gasteiger partial charge is 0.0810 e. The van der Waals surface area contributed by atoms with Crippen molar-refractivity contribution >= 4 is 17.3 Å². The van der Waals surface area contributed by atoms with Gasteiger partial charge < -0.3 is 15.3 Å². The standard InChI is InChI=1S/C15H23ClN2O/c1-11(2)17-9-12-13(16)5-4-6-14(12)18-8-7-15(3,19)10-18/h4-6,11,17,19H,7-10H2,1-3H3. The first-order chi connectivity index (χ1) is 8.89. The molecule has 1 unspecified atom stereocenters. The van der Waals surface area contributed by atoms with Gasteiger partial charge in [-0.05, 0) is 25.5 Å². The number of anilines is 1. The molecule has 2 N–H and O–H groups in total. The molecule has 3 nitrogen and oxygen atoms in total. The minimum Gasteiger partial charge on any atom is -0.388 e. The average Bonchev–Trinajstić information content (AvgIpc) is 2.67. The fraction of sp³-hybridized carbons (Fsp3) is 0.600. The first-order valence-corrected chi connectivity index (χ1v) is 7.25. The van der Waals surface area contributed by atoms with Crippen molar-refractivity contribution in [2.24, 2.45) is 0 Å². The Balaban J connectivity index is 2.22. The minimum absolute atomic E-state index is 0.422. The first kappa shape index (κ1) is 14.6. The van der Waals surface area contributed by atoms with E-state index in [-0.39, 0.29) is 0 Å². The van der Waals surface area contributed by atoms with Crippen LogP contribution in [-0.2, 0) is 6.54 Å². The first-order valence-electron chi connectivity index (χ1n) is 6.87. The van der Waals surface area contributed by atoms with E-state index in [4.69, 9.17) is 11.6 Å². The highest BCUT2D eigenvalue weighted by Gasteiger charge is 2.32. The van der Waals surface area contributed by atoms with Gasteiger partial charge in [-0.1, -0.05) is 31.5 Å². The summed E-state index contributed by atoms with van der Waals surface area (Å²) < 4.78 is 0. The molecule has 1 aliphatic heterocycles. The van der Waals surface area contributed by atoms with Crippen LogP contribution in [0.5, 0.6) is 0 Å². The summed E-state index contributed by atoms with van der Waals surface area (Å²) in [4.78, 5) is 2.23. The van der Waals surface area contributed by atoms with E-state index in [1.807, 2.05) is 19.1 Å². The Hall–Kier alpha value is -0.770. The maximum Gasteiger partial charge on any atom is 0.0810 e. The number of nitrogens with zero attached hydrogens (tertiary/aromatic N) is 1. The van der Waals surface area contributed by atoms with Gasteiger partial charge in [0.25, 0.3) is 0 Å². The van der Waals surface area contributed by atoms with E-state index in [1.165, 1.54) is 0 Å². The normalized spacial score (nSPS) is 23.4. The van der Waals surface area contributed by atoms with Crippen molar-refractivity contribution in [3.8, 4) is 0 Å². The Morgan fingerprint density at radius 1 is 1.47 bits per heavy atom. The summed E-state index contributed by atoms with van der Waals surface area (Å²) in [6.07, 6.45) is 0.802. The summed E-state index contributed by atoms with van der Waals surface area (Å²) in [5, 5.41) is 14.3. The Morgan fingerprint density at radius 3 is 2.79 bits per heavy atom. The van der Waals surface area contributed by atoms with Crippen LogP contribution >= 0.6 is 11.6 Å². The molecule has 0 bridgehead atoms. The molecular formula is C15H23ClN2O. The fourth-order valence-electron chi connectivity index (χ4n) is 2.48. The summed E-state index contributed by atoms with van der Waals surface area (Å²) >= 11 is 6.33. The molecule has 1 fully saturated rings. The molecule has 0 saturated carbocycles. The van der Waals surface area contributed by atoms with Crippen molar-refractivity contribution in [2.45, 2.75) is 45.4 Å². The van der Waals surface area contributed by atoms with Crippen LogP contribution in [0, 0.1) is 0 Å². The second kappa shape index (κ2) is 5.70. The second-order valence-corrected chi connectivity index (χ2v) is 6.35. The van der Waals surface area contributed by atoms with Gasteiger partial charge in [0.1, 0.15) is 0 Å². The van der Waals surface area contributed by atoms with E-state index >= 15 is 0 Å². The molecule has 1 saturated heterocycles. The monoisotopic (exact) mass is 282 g/mol. The number of halogens is 1. The zero-order chi connectivity index (χ0) is 14.0. The number of aliphatic hydroxyl groups is 1. The molecule has 1 aromatic rings. The molecule has 19 heavy (non-hydrogen) atoms. The van der Waals surface area contributed by atoms with E-state index < -0.39 is 5.60 Å². The van der Waals surface area contributed by atoms with Crippen LogP contribution in [0.2, 0.25) is 5.02 Å². The zero-order valence-electron chi connectivity index (χ0n) is 11.9.